The second-order valence-electron chi connectivity index (χ2n) is 17.5. The van der Waals surface area contributed by atoms with Crippen LogP contribution in [0.2, 0.25) is 0 Å². The molecule has 296 valence electrons. The molecule has 63 heavy (non-hydrogen) atoms. The Morgan fingerprint density at radius 1 is 0.508 bits per heavy atom. The summed E-state index contributed by atoms with van der Waals surface area (Å²) in [6, 6.07) is 68.7. The van der Waals surface area contributed by atoms with E-state index >= 15 is 0 Å². The molecule has 0 bridgehead atoms. The zero-order valence-electron chi connectivity index (χ0n) is 34.6. The van der Waals surface area contributed by atoms with Crippen LogP contribution in [0.25, 0.3) is 103 Å². The molecule has 0 spiro atoms. The van der Waals surface area contributed by atoms with E-state index < -0.39 is 0 Å². The molecule has 14 rings (SSSR count). The van der Waals surface area contributed by atoms with Gasteiger partial charge in [0.15, 0.2) is 5.58 Å². The molecule has 13 aromatic rings. The monoisotopic (exact) mass is 823 g/mol. The molecule has 0 saturated carbocycles. The highest BCUT2D eigenvalue weighted by molar-refractivity contribution is 7.26. The summed E-state index contributed by atoms with van der Waals surface area (Å²) in [5.74, 6) is 0.629. The van der Waals surface area contributed by atoms with Gasteiger partial charge in [-0.3, -0.25) is 0 Å². The minimum Gasteiger partial charge on any atom is -0.435 e. The van der Waals surface area contributed by atoms with E-state index in [2.05, 4.69) is 193 Å². The number of para-hydroxylation sites is 1. The second kappa shape index (κ2) is 12.7. The highest BCUT2D eigenvalue weighted by atomic mass is 32.1. The van der Waals surface area contributed by atoms with Gasteiger partial charge < -0.3 is 13.7 Å². The molecule has 4 nitrogen and oxygen atoms in total. The Morgan fingerprint density at radius 3 is 2.08 bits per heavy atom. The first kappa shape index (κ1) is 34.9. The van der Waals surface area contributed by atoms with Crippen molar-refractivity contribution in [2.24, 2.45) is 0 Å². The number of rotatable bonds is 5. The molecule has 5 heteroatoms. The van der Waals surface area contributed by atoms with Crippen LogP contribution in [0.4, 0.5) is 17.1 Å². The second-order valence-corrected chi connectivity index (χ2v) is 18.6. The van der Waals surface area contributed by atoms with Crippen LogP contribution < -0.4 is 4.90 Å². The van der Waals surface area contributed by atoms with Gasteiger partial charge in [-0.25, -0.2) is 4.98 Å². The minimum absolute atomic E-state index is 0.146. The molecule has 9 aromatic carbocycles. The lowest BCUT2D eigenvalue weighted by Crippen LogP contribution is -2.16. The third kappa shape index (κ3) is 4.83. The fourth-order valence-electron chi connectivity index (χ4n) is 10.8. The van der Waals surface area contributed by atoms with Gasteiger partial charge in [0.2, 0.25) is 5.89 Å². The molecule has 0 unspecified atom stereocenters. The molecule has 4 heterocycles. The highest BCUT2D eigenvalue weighted by Crippen LogP contribution is 2.52. The summed E-state index contributed by atoms with van der Waals surface area (Å²) in [6.07, 6.45) is 0. The average molecular weight is 824 g/mol. The number of benzene rings is 9. The van der Waals surface area contributed by atoms with Crippen LogP contribution in [0.15, 0.2) is 192 Å². The summed E-state index contributed by atoms with van der Waals surface area (Å²) in [7, 11) is 0. The number of oxazole rings is 1. The number of aromatic nitrogens is 2. The van der Waals surface area contributed by atoms with Crippen LogP contribution in [0, 0.1) is 0 Å². The van der Waals surface area contributed by atoms with E-state index in [9.17, 15) is 0 Å². The van der Waals surface area contributed by atoms with Gasteiger partial charge in [-0.05, 0) is 106 Å². The average Bonchev–Trinajstić information content (AvgIpc) is 4.13. The third-order valence-corrected chi connectivity index (χ3v) is 15.0. The summed E-state index contributed by atoms with van der Waals surface area (Å²) >= 11 is 1.88. The van der Waals surface area contributed by atoms with Gasteiger partial charge >= 0.3 is 0 Å². The number of anilines is 3. The van der Waals surface area contributed by atoms with Gasteiger partial charge in [0, 0.05) is 64.4 Å². The summed E-state index contributed by atoms with van der Waals surface area (Å²) in [5.41, 5.74) is 17.0. The van der Waals surface area contributed by atoms with E-state index in [0.717, 1.165) is 55.5 Å². The zero-order chi connectivity index (χ0) is 41.6. The van der Waals surface area contributed by atoms with Crippen molar-refractivity contribution in [1.82, 2.24) is 9.38 Å². The van der Waals surface area contributed by atoms with Crippen LogP contribution in [0.3, 0.4) is 0 Å². The van der Waals surface area contributed by atoms with Crippen LogP contribution in [-0.4, -0.2) is 9.38 Å². The van der Waals surface area contributed by atoms with Gasteiger partial charge in [0.05, 0.1) is 21.9 Å². The fourth-order valence-corrected chi connectivity index (χ4v) is 12.1. The topological polar surface area (TPSA) is 33.7 Å². The van der Waals surface area contributed by atoms with Crippen molar-refractivity contribution >= 4 is 97.8 Å². The number of nitrogens with zero attached hydrogens (tertiary/aromatic N) is 3. The van der Waals surface area contributed by atoms with Crippen molar-refractivity contribution in [1.29, 1.82) is 0 Å². The summed E-state index contributed by atoms with van der Waals surface area (Å²) in [4.78, 5) is 7.55. The fraction of sp³-hybridized carbons (Fsp3) is 0.0517. The summed E-state index contributed by atoms with van der Waals surface area (Å²) in [6.45, 7) is 4.71. The van der Waals surface area contributed by atoms with Crippen molar-refractivity contribution < 1.29 is 4.42 Å². The highest BCUT2D eigenvalue weighted by Gasteiger charge is 2.36. The molecule has 1 aliphatic carbocycles. The maximum Gasteiger partial charge on any atom is 0.227 e. The van der Waals surface area contributed by atoms with E-state index in [0.29, 0.717) is 5.89 Å². The molecule has 0 radical (unpaired) electrons. The third-order valence-electron chi connectivity index (χ3n) is 13.7. The molecular weight excluding hydrogens is 787 g/mol. The van der Waals surface area contributed by atoms with Crippen molar-refractivity contribution in [3.8, 4) is 33.7 Å². The number of hydrogen-bond donors (Lipinski definition) is 0. The van der Waals surface area contributed by atoms with Crippen molar-refractivity contribution in [3.63, 3.8) is 0 Å². The lowest BCUT2D eigenvalue weighted by molar-refractivity contribution is 0.623. The Bertz CT molecular complexity index is 4000. The molecule has 0 saturated heterocycles. The molecular formula is C58H37N3OS. The lowest BCUT2D eigenvalue weighted by Gasteiger charge is -2.28. The van der Waals surface area contributed by atoms with Crippen LogP contribution in [0.5, 0.6) is 0 Å². The molecule has 1 aliphatic rings. The standard InChI is InChI=1S/C58H37N3OS/c1-58(2)47-20-9-6-15-40(47)41-29-27-38(32-48(41)58)60(36-25-23-34(24-26-36)39-18-12-19-44-43-17-8-11-22-52(43)63-56(39)44)37-28-30-51-46(31-37)53-54-45(42-16-7-10-21-50(42)61(51)54)33-49-55(53)62-57(59-49)35-13-4-3-5-14-35/h3-33H,1-2H3. The number of thiophene rings is 1. The van der Waals surface area contributed by atoms with E-state index in [-0.39, 0.29) is 5.41 Å². The largest absolute Gasteiger partial charge is 0.435 e. The van der Waals surface area contributed by atoms with E-state index in [1.807, 2.05) is 29.5 Å². The first-order chi connectivity index (χ1) is 31.0. The molecule has 0 atom stereocenters. The molecule has 0 fully saturated rings. The van der Waals surface area contributed by atoms with Crippen LogP contribution in [-0.2, 0) is 5.41 Å². The SMILES string of the molecule is CC1(C)c2ccccc2-c2ccc(N(c3ccc(-c4cccc5c4sc4ccccc45)cc3)c3ccc4c(c3)c3c5oc(-c6ccccc6)nc5cc5c6ccccc6n4c53)cc21. The van der Waals surface area contributed by atoms with Gasteiger partial charge in [0.1, 0.15) is 5.52 Å². The van der Waals surface area contributed by atoms with E-state index in [4.69, 9.17) is 9.40 Å². The molecule has 0 amide bonds. The molecule has 0 N–H and O–H groups in total. The predicted octanol–water partition coefficient (Wildman–Crippen LogP) is 16.5. The number of hydrogen-bond acceptors (Lipinski definition) is 4. The maximum absolute atomic E-state index is 6.81. The Morgan fingerprint density at radius 2 is 1.19 bits per heavy atom. The van der Waals surface area contributed by atoms with Gasteiger partial charge in [-0.2, -0.15) is 0 Å². The Labute approximate surface area is 366 Å². The van der Waals surface area contributed by atoms with Crippen molar-refractivity contribution in [2.45, 2.75) is 19.3 Å². The number of fused-ring (bicyclic) bond motifs is 14. The Kier molecular flexibility index (Phi) is 7.02. The quantitative estimate of drug-likeness (QED) is 0.173. The lowest BCUT2D eigenvalue weighted by atomic mass is 9.82. The van der Waals surface area contributed by atoms with Gasteiger partial charge in [-0.15, -0.1) is 11.3 Å². The Balaban J connectivity index is 1.00. The summed E-state index contributed by atoms with van der Waals surface area (Å²) in [5, 5.41) is 7.23. The minimum atomic E-state index is -0.146. The summed E-state index contributed by atoms with van der Waals surface area (Å²) < 4.78 is 11.9. The first-order valence-corrected chi connectivity index (χ1v) is 22.4. The Hall–Kier alpha value is -7.73. The smallest absolute Gasteiger partial charge is 0.227 e. The van der Waals surface area contributed by atoms with Crippen molar-refractivity contribution in [2.75, 3.05) is 4.90 Å². The van der Waals surface area contributed by atoms with E-state index in [1.165, 1.54) is 69.8 Å². The molecule has 4 aromatic heterocycles. The predicted molar refractivity (Wildman–Crippen MR) is 265 cm³/mol. The van der Waals surface area contributed by atoms with E-state index in [1.54, 1.807) is 0 Å². The van der Waals surface area contributed by atoms with Gasteiger partial charge in [0.25, 0.3) is 0 Å². The van der Waals surface area contributed by atoms with Crippen LogP contribution >= 0.6 is 11.3 Å². The van der Waals surface area contributed by atoms with Crippen molar-refractivity contribution in [3.05, 3.63) is 199 Å². The van der Waals surface area contributed by atoms with Gasteiger partial charge in [-0.1, -0.05) is 129 Å². The molecule has 0 aliphatic heterocycles. The zero-order valence-corrected chi connectivity index (χ0v) is 35.4. The maximum atomic E-state index is 6.81. The first-order valence-electron chi connectivity index (χ1n) is 21.6. The van der Waals surface area contributed by atoms with Crippen LogP contribution in [0.1, 0.15) is 25.0 Å². The normalized spacial score (nSPS) is 13.4.